The summed E-state index contributed by atoms with van der Waals surface area (Å²) >= 11 is 6.24. The first-order valence-electron chi connectivity index (χ1n) is 7.70. The number of H-pyrrole nitrogens is 2. The highest BCUT2D eigenvalue weighted by Crippen LogP contribution is 2.34. The molecule has 0 amide bonds. The van der Waals surface area contributed by atoms with E-state index >= 15 is 0 Å². The van der Waals surface area contributed by atoms with E-state index in [2.05, 4.69) is 15.2 Å². The summed E-state index contributed by atoms with van der Waals surface area (Å²) < 4.78 is 14.8. The first-order valence-corrected chi connectivity index (χ1v) is 8.08. The molecule has 0 spiro atoms. The molecule has 0 aliphatic heterocycles. The Balaban J connectivity index is 2.26. The standard InChI is InChI=1S/C16H15ClFN5O3/c1-8-12(16(24)21-20-8)13(9(2)23(25)26)14-15(17)19-7-22(14)11-5-3-10(18)4-6-11/h3-7,9,13H,1-2H3,(H2,20,21,24). The van der Waals surface area contributed by atoms with Crippen LogP contribution in [0.2, 0.25) is 5.15 Å². The lowest BCUT2D eigenvalue weighted by Gasteiger charge is -2.20. The number of aryl methyl sites for hydroxylation is 1. The van der Waals surface area contributed by atoms with Gasteiger partial charge >= 0.3 is 0 Å². The van der Waals surface area contributed by atoms with Crippen LogP contribution in [0.4, 0.5) is 4.39 Å². The average molecular weight is 380 g/mol. The van der Waals surface area contributed by atoms with E-state index in [1.165, 1.54) is 42.1 Å². The van der Waals surface area contributed by atoms with Crippen LogP contribution in [0.25, 0.3) is 5.69 Å². The van der Waals surface area contributed by atoms with Crippen LogP contribution >= 0.6 is 11.6 Å². The van der Waals surface area contributed by atoms with Crippen molar-refractivity contribution in [2.45, 2.75) is 25.8 Å². The van der Waals surface area contributed by atoms with Crippen LogP contribution in [-0.4, -0.2) is 30.7 Å². The van der Waals surface area contributed by atoms with Gasteiger partial charge in [0.2, 0.25) is 6.04 Å². The van der Waals surface area contributed by atoms with Crippen LogP contribution in [0.1, 0.15) is 29.8 Å². The normalized spacial score (nSPS) is 13.5. The molecule has 2 aromatic heterocycles. The SMILES string of the molecule is Cc1[nH][nH]c(=O)c1C(c1c(Cl)ncn1-c1ccc(F)cc1)C(C)[N+](=O)[O-]. The minimum atomic E-state index is -1.15. The number of halogens is 2. The van der Waals surface area contributed by atoms with Crippen molar-refractivity contribution < 1.29 is 9.31 Å². The van der Waals surface area contributed by atoms with E-state index in [1.54, 1.807) is 6.92 Å². The third-order valence-electron chi connectivity index (χ3n) is 4.29. The van der Waals surface area contributed by atoms with E-state index in [4.69, 9.17) is 11.6 Å². The number of aromatic nitrogens is 4. The van der Waals surface area contributed by atoms with E-state index in [0.717, 1.165) is 0 Å². The molecule has 0 fully saturated rings. The lowest BCUT2D eigenvalue weighted by molar-refractivity contribution is -0.520. The molecule has 0 saturated heterocycles. The van der Waals surface area contributed by atoms with Crippen molar-refractivity contribution in [1.82, 2.24) is 19.7 Å². The van der Waals surface area contributed by atoms with Crippen molar-refractivity contribution in [3.8, 4) is 5.69 Å². The third-order valence-corrected chi connectivity index (χ3v) is 4.59. The highest BCUT2D eigenvalue weighted by atomic mass is 35.5. The number of nitrogens with one attached hydrogen (secondary N) is 2. The fourth-order valence-corrected chi connectivity index (χ4v) is 3.23. The van der Waals surface area contributed by atoms with Gasteiger partial charge in [-0.25, -0.2) is 9.37 Å². The number of nitrogens with zero attached hydrogens (tertiary/aromatic N) is 3. The molecule has 2 heterocycles. The summed E-state index contributed by atoms with van der Waals surface area (Å²) in [7, 11) is 0. The number of aromatic amines is 2. The molecule has 26 heavy (non-hydrogen) atoms. The molecule has 0 aliphatic carbocycles. The highest BCUT2D eigenvalue weighted by Gasteiger charge is 2.38. The summed E-state index contributed by atoms with van der Waals surface area (Å²) in [5, 5.41) is 16.7. The Hall–Kier alpha value is -2.94. The topological polar surface area (TPSA) is 110 Å². The van der Waals surface area contributed by atoms with Crippen molar-refractivity contribution in [2.24, 2.45) is 0 Å². The van der Waals surface area contributed by atoms with E-state index < -0.39 is 28.3 Å². The molecule has 136 valence electrons. The van der Waals surface area contributed by atoms with E-state index in [0.29, 0.717) is 11.4 Å². The summed E-state index contributed by atoms with van der Waals surface area (Å²) in [6.07, 6.45) is 1.39. The van der Waals surface area contributed by atoms with E-state index in [-0.39, 0.29) is 16.4 Å². The van der Waals surface area contributed by atoms with E-state index in [9.17, 15) is 19.3 Å². The molecule has 1 aromatic carbocycles. The minimum Gasteiger partial charge on any atom is -0.302 e. The second-order valence-electron chi connectivity index (χ2n) is 5.89. The molecule has 0 bridgehead atoms. The average Bonchev–Trinajstić information content (AvgIpc) is 3.13. The molecule has 10 heteroatoms. The number of nitro groups is 1. The third kappa shape index (κ3) is 3.01. The molecule has 0 radical (unpaired) electrons. The molecule has 2 unspecified atom stereocenters. The molecule has 8 nitrogen and oxygen atoms in total. The first kappa shape index (κ1) is 17.9. The van der Waals surface area contributed by atoms with Crippen molar-refractivity contribution in [3.05, 3.63) is 79.0 Å². The number of hydrogen-bond acceptors (Lipinski definition) is 4. The molecular weight excluding hydrogens is 365 g/mol. The Morgan fingerprint density at radius 2 is 1.96 bits per heavy atom. The van der Waals surface area contributed by atoms with Gasteiger partial charge in [0, 0.05) is 23.2 Å². The van der Waals surface area contributed by atoms with Crippen molar-refractivity contribution in [1.29, 1.82) is 0 Å². The molecular formula is C16H15ClFN5O3. The van der Waals surface area contributed by atoms with Crippen LogP contribution in [0.5, 0.6) is 0 Å². The van der Waals surface area contributed by atoms with Gasteiger partial charge < -0.3 is 9.67 Å². The number of imidazole rings is 1. The second-order valence-corrected chi connectivity index (χ2v) is 6.25. The van der Waals surface area contributed by atoms with Crippen molar-refractivity contribution in [3.63, 3.8) is 0 Å². The van der Waals surface area contributed by atoms with Gasteiger partial charge in [-0.2, -0.15) is 0 Å². The Labute approximate surface area is 151 Å². The lowest BCUT2D eigenvalue weighted by Crippen LogP contribution is -2.30. The van der Waals surface area contributed by atoms with Crippen LogP contribution in [0, 0.1) is 22.9 Å². The maximum atomic E-state index is 13.2. The zero-order valence-corrected chi connectivity index (χ0v) is 14.6. The molecule has 2 N–H and O–H groups in total. The predicted molar refractivity (Wildman–Crippen MR) is 93.0 cm³/mol. The minimum absolute atomic E-state index is 0.0352. The monoisotopic (exact) mass is 379 g/mol. The van der Waals surface area contributed by atoms with Crippen LogP contribution in [0.3, 0.4) is 0 Å². The predicted octanol–water partition coefficient (Wildman–Crippen LogP) is 2.79. The number of rotatable bonds is 5. The molecule has 0 aliphatic rings. The second kappa shape index (κ2) is 6.75. The zero-order valence-electron chi connectivity index (χ0n) is 13.9. The van der Waals surface area contributed by atoms with Gasteiger partial charge in [0.05, 0.1) is 11.3 Å². The van der Waals surface area contributed by atoms with Gasteiger partial charge in [0.1, 0.15) is 18.1 Å². The van der Waals surface area contributed by atoms with E-state index in [1.807, 2.05) is 0 Å². The fourth-order valence-electron chi connectivity index (χ4n) is 2.98. The fraction of sp³-hybridized carbons (Fsp3) is 0.250. The Bertz CT molecular complexity index is 1010. The molecule has 2 atom stereocenters. The van der Waals surface area contributed by atoms with Crippen molar-refractivity contribution >= 4 is 11.6 Å². The highest BCUT2D eigenvalue weighted by molar-refractivity contribution is 6.30. The van der Waals surface area contributed by atoms with Crippen LogP contribution < -0.4 is 5.56 Å². The van der Waals surface area contributed by atoms with Gasteiger partial charge in [-0.05, 0) is 31.2 Å². The number of benzene rings is 1. The smallest absolute Gasteiger partial charge is 0.268 e. The largest absolute Gasteiger partial charge is 0.302 e. The van der Waals surface area contributed by atoms with Gasteiger partial charge in [-0.1, -0.05) is 11.6 Å². The Morgan fingerprint density at radius 1 is 1.31 bits per heavy atom. The summed E-state index contributed by atoms with van der Waals surface area (Å²) in [6.45, 7) is 3.04. The van der Waals surface area contributed by atoms with Gasteiger partial charge in [-0.15, -0.1) is 0 Å². The van der Waals surface area contributed by atoms with Gasteiger partial charge in [0.25, 0.3) is 5.56 Å². The lowest BCUT2D eigenvalue weighted by atomic mass is 9.90. The summed E-state index contributed by atoms with van der Waals surface area (Å²) in [5.74, 6) is -1.38. The zero-order chi connectivity index (χ0) is 19.0. The quantitative estimate of drug-likeness (QED) is 0.524. The Kier molecular flexibility index (Phi) is 4.64. The van der Waals surface area contributed by atoms with Crippen LogP contribution in [0.15, 0.2) is 35.4 Å². The van der Waals surface area contributed by atoms with Gasteiger partial charge in [-0.3, -0.25) is 20.0 Å². The summed E-state index contributed by atoms with van der Waals surface area (Å²) in [5.41, 5.74) is 1.02. The van der Waals surface area contributed by atoms with Crippen molar-refractivity contribution in [2.75, 3.05) is 0 Å². The summed E-state index contributed by atoms with van der Waals surface area (Å²) in [6, 6.07) is 4.36. The molecule has 3 aromatic rings. The number of hydrogen-bond donors (Lipinski definition) is 2. The summed E-state index contributed by atoms with van der Waals surface area (Å²) in [4.78, 5) is 27.4. The molecule has 0 saturated carbocycles. The first-order chi connectivity index (χ1) is 12.3. The van der Waals surface area contributed by atoms with Gasteiger partial charge in [0.15, 0.2) is 5.15 Å². The Morgan fingerprint density at radius 3 is 2.50 bits per heavy atom. The molecule has 3 rings (SSSR count). The maximum Gasteiger partial charge on any atom is 0.268 e. The maximum absolute atomic E-state index is 13.2. The van der Waals surface area contributed by atoms with Crippen LogP contribution in [-0.2, 0) is 0 Å².